The summed E-state index contributed by atoms with van der Waals surface area (Å²) in [4.78, 5) is 11.1. The van der Waals surface area contributed by atoms with Crippen molar-refractivity contribution in [1.82, 2.24) is 9.88 Å². The van der Waals surface area contributed by atoms with Gasteiger partial charge in [0.2, 0.25) is 0 Å². The highest BCUT2D eigenvalue weighted by molar-refractivity contribution is 5.72. The summed E-state index contributed by atoms with van der Waals surface area (Å²) in [5.41, 5.74) is 0.426. The quantitative estimate of drug-likeness (QED) is 0.426. The largest absolute Gasteiger partial charge is 0.433 e. The number of hydrogen-bond acceptors (Lipinski definition) is 3. The zero-order chi connectivity index (χ0) is 19.5. The minimum absolute atomic E-state index is 0.0640. The maximum Gasteiger partial charge on any atom is 0.433 e. The van der Waals surface area contributed by atoms with Gasteiger partial charge in [-0.05, 0) is 43.7 Å². The van der Waals surface area contributed by atoms with Crippen molar-refractivity contribution in [2.75, 3.05) is 25.5 Å². The Bertz CT molecular complexity index is 802. The molecule has 1 aromatic heterocycles. The Hall–Kier alpha value is -2.64. The van der Waals surface area contributed by atoms with Gasteiger partial charge in [0.05, 0.1) is 17.7 Å². The number of hydrogen-bond donors (Lipinski definition) is 0. The maximum atomic E-state index is 14.0. The number of rotatable bonds is 5. The van der Waals surface area contributed by atoms with Gasteiger partial charge in [0.15, 0.2) is 0 Å². The lowest BCUT2D eigenvalue weighted by molar-refractivity contribution is -0.141. The second-order valence-corrected chi connectivity index (χ2v) is 5.82. The van der Waals surface area contributed by atoms with Crippen molar-refractivity contribution in [1.29, 1.82) is 0 Å². The molecule has 0 saturated carbocycles. The number of benzene rings is 1. The van der Waals surface area contributed by atoms with Gasteiger partial charge in [0.25, 0.3) is 0 Å². The van der Waals surface area contributed by atoms with Gasteiger partial charge in [-0.25, -0.2) is 14.4 Å². The molecule has 0 bridgehead atoms. The van der Waals surface area contributed by atoms with Crippen LogP contribution in [0.3, 0.4) is 0 Å². The van der Waals surface area contributed by atoms with E-state index in [1.54, 1.807) is 13.3 Å². The normalized spacial score (nSPS) is 11.8. The highest BCUT2D eigenvalue weighted by Gasteiger charge is 2.32. The van der Waals surface area contributed by atoms with E-state index in [1.807, 2.05) is 18.9 Å². The Kier molecular flexibility index (Phi) is 5.84. The molecule has 2 rings (SSSR count). The van der Waals surface area contributed by atoms with Gasteiger partial charge < -0.3 is 9.80 Å². The molecule has 0 fully saturated rings. The number of nitrogens with zero attached hydrogens (tertiary/aromatic N) is 4. The summed E-state index contributed by atoms with van der Waals surface area (Å²) in [6.45, 7) is 4.42. The van der Waals surface area contributed by atoms with Crippen LogP contribution < -0.4 is 4.90 Å². The first kappa shape index (κ1) is 19.7. The maximum absolute atomic E-state index is 14.0. The first-order valence-electron chi connectivity index (χ1n) is 7.96. The van der Waals surface area contributed by atoms with Crippen LogP contribution >= 0.6 is 0 Å². The molecule has 2 aromatic rings. The molecule has 1 aromatic carbocycles. The highest BCUT2D eigenvalue weighted by Crippen LogP contribution is 2.34. The third-order valence-electron chi connectivity index (χ3n) is 3.94. The van der Waals surface area contributed by atoms with Crippen LogP contribution in [0.25, 0.3) is 0 Å². The number of alkyl halides is 3. The van der Waals surface area contributed by atoms with Crippen molar-refractivity contribution < 1.29 is 17.6 Å². The van der Waals surface area contributed by atoms with Crippen molar-refractivity contribution in [3.63, 3.8) is 0 Å². The monoisotopic (exact) mass is 368 g/mol. The van der Waals surface area contributed by atoms with E-state index in [0.717, 1.165) is 12.6 Å². The molecule has 0 saturated heterocycles. The third-order valence-corrected chi connectivity index (χ3v) is 3.94. The number of aliphatic imine (C=N–C) groups is 1. The van der Waals surface area contributed by atoms with Gasteiger partial charge in [0.1, 0.15) is 17.3 Å². The van der Waals surface area contributed by atoms with Gasteiger partial charge in [-0.15, -0.1) is 0 Å². The van der Waals surface area contributed by atoms with E-state index in [0.29, 0.717) is 16.9 Å². The summed E-state index contributed by atoms with van der Waals surface area (Å²) in [6, 6.07) is 6.14. The lowest BCUT2D eigenvalue weighted by Gasteiger charge is -2.22. The van der Waals surface area contributed by atoms with Gasteiger partial charge in [-0.2, -0.15) is 13.2 Å². The van der Waals surface area contributed by atoms with E-state index in [1.165, 1.54) is 36.2 Å². The second-order valence-electron chi connectivity index (χ2n) is 5.82. The average molecular weight is 368 g/mol. The minimum Gasteiger partial charge on any atom is -0.366 e. The first-order chi connectivity index (χ1) is 12.1. The lowest BCUT2D eigenvalue weighted by Crippen LogP contribution is -2.16. The van der Waals surface area contributed by atoms with Crippen molar-refractivity contribution in [3.05, 3.63) is 47.4 Å². The van der Waals surface area contributed by atoms with Crippen molar-refractivity contribution in [2.24, 2.45) is 4.99 Å². The molecule has 0 aliphatic heterocycles. The predicted molar refractivity (Wildman–Crippen MR) is 94.9 cm³/mol. The van der Waals surface area contributed by atoms with Crippen LogP contribution in [-0.4, -0.2) is 36.9 Å². The molecule has 140 valence electrons. The molecule has 4 nitrogen and oxygen atoms in total. The summed E-state index contributed by atoms with van der Waals surface area (Å²) in [6.07, 6.45) is -2.97. The van der Waals surface area contributed by atoms with E-state index >= 15 is 0 Å². The smallest absolute Gasteiger partial charge is 0.366 e. The fourth-order valence-electron chi connectivity index (χ4n) is 2.27. The van der Waals surface area contributed by atoms with Gasteiger partial charge in [0, 0.05) is 20.6 Å². The molecule has 0 aliphatic rings. The second kappa shape index (κ2) is 7.72. The van der Waals surface area contributed by atoms with Gasteiger partial charge >= 0.3 is 6.18 Å². The molecular formula is C18H20F4N4. The van der Waals surface area contributed by atoms with Gasteiger partial charge in [-0.3, -0.25) is 0 Å². The minimum atomic E-state index is -4.55. The molecule has 0 N–H and O–H groups in total. The predicted octanol–water partition coefficient (Wildman–Crippen LogP) is 4.93. The fourth-order valence-corrected chi connectivity index (χ4v) is 2.27. The molecular weight excluding hydrogens is 348 g/mol. The molecule has 0 radical (unpaired) electrons. The molecule has 8 heteroatoms. The van der Waals surface area contributed by atoms with Crippen molar-refractivity contribution in [3.8, 4) is 0 Å². The van der Waals surface area contributed by atoms with Crippen LogP contribution in [0.15, 0.2) is 35.3 Å². The van der Waals surface area contributed by atoms with Crippen LogP contribution in [0.2, 0.25) is 0 Å². The molecule has 0 atom stereocenters. The van der Waals surface area contributed by atoms with Crippen LogP contribution in [-0.2, 0) is 6.18 Å². The van der Waals surface area contributed by atoms with E-state index in [-0.39, 0.29) is 5.82 Å². The molecule has 0 spiro atoms. The van der Waals surface area contributed by atoms with Crippen molar-refractivity contribution >= 4 is 23.5 Å². The summed E-state index contributed by atoms with van der Waals surface area (Å²) < 4.78 is 52.7. The lowest BCUT2D eigenvalue weighted by atomic mass is 10.1. The Morgan fingerprint density at radius 2 is 1.88 bits per heavy atom. The van der Waals surface area contributed by atoms with E-state index in [4.69, 9.17) is 0 Å². The zero-order valence-corrected chi connectivity index (χ0v) is 15.0. The number of halogens is 4. The third kappa shape index (κ3) is 4.50. The summed E-state index contributed by atoms with van der Waals surface area (Å²) in [7, 11) is 3.37. The van der Waals surface area contributed by atoms with E-state index < -0.39 is 17.7 Å². The molecule has 26 heavy (non-hydrogen) atoms. The Morgan fingerprint density at radius 1 is 1.19 bits per heavy atom. The van der Waals surface area contributed by atoms with Crippen LogP contribution in [0, 0.1) is 12.7 Å². The summed E-state index contributed by atoms with van der Waals surface area (Å²) >= 11 is 0. The Balaban J connectivity index is 2.45. The Labute approximate surface area is 149 Å². The molecule has 0 amide bonds. The number of anilines is 2. The fraction of sp³-hybridized carbons (Fsp3) is 0.333. The molecule has 1 heterocycles. The topological polar surface area (TPSA) is 31.7 Å². The average Bonchev–Trinajstić information content (AvgIpc) is 2.60. The van der Waals surface area contributed by atoms with E-state index in [9.17, 15) is 17.6 Å². The number of aromatic nitrogens is 1. The summed E-state index contributed by atoms with van der Waals surface area (Å²) in [5, 5.41) is 0. The number of pyridine rings is 1. The van der Waals surface area contributed by atoms with Crippen LogP contribution in [0.4, 0.5) is 34.8 Å². The standard InChI is InChI=1S/C18H20F4N4/c1-5-25(3)11-23-14-9-13(19)10-15(12(14)2)26(4)17-8-6-7-16(24-17)18(20,21)22/h6-11H,5H2,1-4H3/b23-11+. The Morgan fingerprint density at radius 3 is 2.50 bits per heavy atom. The first-order valence-corrected chi connectivity index (χ1v) is 7.96. The van der Waals surface area contributed by atoms with Crippen LogP contribution in [0.1, 0.15) is 18.2 Å². The van der Waals surface area contributed by atoms with Gasteiger partial charge in [-0.1, -0.05) is 6.07 Å². The van der Waals surface area contributed by atoms with E-state index in [2.05, 4.69) is 9.98 Å². The van der Waals surface area contributed by atoms with Crippen molar-refractivity contribution in [2.45, 2.75) is 20.0 Å². The highest BCUT2D eigenvalue weighted by atomic mass is 19.4. The summed E-state index contributed by atoms with van der Waals surface area (Å²) in [5.74, 6) is -0.468. The van der Waals surface area contributed by atoms with Crippen LogP contribution in [0.5, 0.6) is 0 Å². The molecule has 0 aliphatic carbocycles. The SMILES string of the molecule is CCN(C)/C=N/c1cc(F)cc(N(C)c2cccc(C(F)(F)F)n2)c1C. The molecule has 0 unspecified atom stereocenters. The zero-order valence-electron chi connectivity index (χ0n) is 15.0.